The molecule has 5 nitrogen and oxygen atoms in total. The molecule has 3 atom stereocenters. The summed E-state index contributed by atoms with van der Waals surface area (Å²) >= 11 is 0. The van der Waals surface area contributed by atoms with Gasteiger partial charge in [-0.05, 0) is 36.8 Å². The summed E-state index contributed by atoms with van der Waals surface area (Å²) in [4.78, 5) is 11.9. The highest BCUT2D eigenvalue weighted by Gasteiger charge is 2.75. The number of carbonyl (C=O) groups is 1. The molecule has 0 unspecified atom stereocenters. The number of aliphatic carboxylic acids is 1. The van der Waals surface area contributed by atoms with Gasteiger partial charge in [-0.2, -0.15) is 0 Å². The van der Waals surface area contributed by atoms with Crippen LogP contribution in [0.25, 0.3) is 0 Å². The van der Waals surface area contributed by atoms with Crippen molar-refractivity contribution in [2.45, 2.75) is 23.0 Å². The Hall–Kier alpha value is -2.25. The van der Waals surface area contributed by atoms with Crippen LogP contribution in [0.1, 0.15) is 17.0 Å². The molecule has 3 N–H and O–H groups in total. The van der Waals surface area contributed by atoms with Crippen LogP contribution in [0, 0.1) is 18.2 Å². The summed E-state index contributed by atoms with van der Waals surface area (Å²) in [6.07, 6.45) is 0. The third-order valence-corrected chi connectivity index (χ3v) is 7.17. The molecule has 25 heavy (non-hydrogen) atoms. The van der Waals surface area contributed by atoms with Crippen LogP contribution in [0.2, 0.25) is 0 Å². The molecule has 0 bridgehead atoms. The number of benzene rings is 2. The van der Waals surface area contributed by atoms with Gasteiger partial charge in [-0.15, -0.1) is 0 Å². The first-order valence-electron chi connectivity index (χ1n) is 7.74. The standard InChI is InChI=1S/C18H18FNO4S/c1-11-5-7-14(8-6-11)25(23,24)16-15(18(16,10-20)17(21)22)12-3-2-4-13(19)9-12/h2-9,15-16H,10,20H2,1H3,(H,21,22)/t15-,16+,18-/m0/s1. The fraction of sp³-hybridized carbons (Fsp3) is 0.278. The zero-order valence-electron chi connectivity index (χ0n) is 13.5. The molecule has 0 amide bonds. The van der Waals surface area contributed by atoms with Gasteiger partial charge in [-0.25, -0.2) is 12.8 Å². The van der Waals surface area contributed by atoms with Crippen molar-refractivity contribution in [2.75, 3.05) is 6.54 Å². The smallest absolute Gasteiger partial charge is 0.312 e. The Kier molecular flexibility index (Phi) is 4.17. The van der Waals surface area contributed by atoms with Crippen molar-refractivity contribution in [3.63, 3.8) is 0 Å². The summed E-state index contributed by atoms with van der Waals surface area (Å²) in [7, 11) is -3.94. The van der Waals surface area contributed by atoms with E-state index < -0.39 is 38.2 Å². The van der Waals surface area contributed by atoms with E-state index in [-0.39, 0.29) is 11.4 Å². The van der Waals surface area contributed by atoms with Crippen molar-refractivity contribution in [3.05, 3.63) is 65.5 Å². The van der Waals surface area contributed by atoms with Crippen molar-refractivity contribution in [1.29, 1.82) is 0 Å². The summed E-state index contributed by atoms with van der Waals surface area (Å²) in [6.45, 7) is 1.48. The lowest BCUT2D eigenvalue weighted by Gasteiger charge is -2.10. The molecule has 7 heteroatoms. The van der Waals surface area contributed by atoms with E-state index in [2.05, 4.69) is 0 Å². The molecule has 2 aromatic carbocycles. The molecule has 0 radical (unpaired) electrons. The number of hydrogen-bond acceptors (Lipinski definition) is 4. The zero-order valence-corrected chi connectivity index (χ0v) is 14.3. The fourth-order valence-corrected chi connectivity index (χ4v) is 5.88. The lowest BCUT2D eigenvalue weighted by atomic mass is 9.99. The van der Waals surface area contributed by atoms with Gasteiger partial charge in [-0.3, -0.25) is 4.79 Å². The van der Waals surface area contributed by atoms with E-state index in [9.17, 15) is 22.7 Å². The predicted octanol–water partition coefficient (Wildman–Crippen LogP) is 2.10. The molecular formula is C18H18FNO4S. The topological polar surface area (TPSA) is 97.5 Å². The van der Waals surface area contributed by atoms with Crippen molar-refractivity contribution < 1.29 is 22.7 Å². The molecule has 0 saturated heterocycles. The Balaban J connectivity index is 2.12. The molecular weight excluding hydrogens is 345 g/mol. The summed E-state index contributed by atoms with van der Waals surface area (Å²) in [5.41, 5.74) is 5.25. The van der Waals surface area contributed by atoms with Gasteiger partial charge < -0.3 is 10.8 Å². The first kappa shape index (κ1) is 17.6. The second-order valence-electron chi connectivity index (χ2n) is 6.36. The van der Waals surface area contributed by atoms with Gasteiger partial charge in [0.25, 0.3) is 0 Å². The molecule has 1 aliphatic carbocycles. The summed E-state index contributed by atoms with van der Waals surface area (Å²) in [5, 5.41) is 8.46. The molecule has 2 aromatic rings. The second kappa shape index (κ2) is 5.93. The largest absolute Gasteiger partial charge is 0.481 e. The maximum absolute atomic E-state index is 13.6. The van der Waals surface area contributed by atoms with E-state index in [1.165, 1.54) is 36.4 Å². The third-order valence-electron chi connectivity index (χ3n) is 4.88. The van der Waals surface area contributed by atoms with Gasteiger partial charge in [0.15, 0.2) is 9.84 Å². The van der Waals surface area contributed by atoms with Crippen LogP contribution in [-0.4, -0.2) is 31.3 Å². The molecule has 1 aliphatic rings. The first-order chi connectivity index (χ1) is 11.7. The van der Waals surface area contributed by atoms with E-state index in [0.717, 1.165) is 5.56 Å². The first-order valence-corrected chi connectivity index (χ1v) is 9.29. The summed E-state index contributed by atoms with van der Waals surface area (Å²) in [5.74, 6) is -2.73. The van der Waals surface area contributed by atoms with Gasteiger partial charge in [0.1, 0.15) is 11.2 Å². The number of aryl methyl sites for hydroxylation is 1. The van der Waals surface area contributed by atoms with Gasteiger partial charge in [0.05, 0.1) is 10.1 Å². The fourth-order valence-electron chi connectivity index (χ4n) is 3.49. The highest BCUT2D eigenvalue weighted by atomic mass is 32.2. The van der Waals surface area contributed by atoms with Crippen LogP contribution in [-0.2, 0) is 14.6 Å². The van der Waals surface area contributed by atoms with E-state index in [1.54, 1.807) is 12.1 Å². The van der Waals surface area contributed by atoms with Crippen LogP contribution >= 0.6 is 0 Å². The Bertz CT molecular complexity index is 926. The van der Waals surface area contributed by atoms with Crippen molar-refractivity contribution in [1.82, 2.24) is 0 Å². The van der Waals surface area contributed by atoms with Crippen molar-refractivity contribution >= 4 is 15.8 Å². The SMILES string of the molecule is Cc1ccc(S(=O)(=O)[C@@H]2[C@H](c3cccc(F)c3)[C@]2(CN)C(=O)O)cc1. The minimum atomic E-state index is -3.94. The number of carboxylic acid groups (broad SMARTS) is 1. The van der Waals surface area contributed by atoms with Crippen molar-refractivity contribution in [2.24, 2.45) is 11.1 Å². The average Bonchev–Trinajstić information content (AvgIpc) is 3.27. The molecule has 0 aliphatic heterocycles. The number of carboxylic acids is 1. The lowest BCUT2D eigenvalue weighted by molar-refractivity contribution is -0.143. The maximum atomic E-state index is 13.6. The molecule has 132 valence electrons. The predicted molar refractivity (Wildman–Crippen MR) is 90.4 cm³/mol. The molecule has 0 aromatic heterocycles. The van der Waals surface area contributed by atoms with Crippen LogP contribution in [0.3, 0.4) is 0 Å². The highest BCUT2D eigenvalue weighted by molar-refractivity contribution is 7.92. The second-order valence-corrected chi connectivity index (χ2v) is 8.43. The van der Waals surface area contributed by atoms with E-state index in [0.29, 0.717) is 5.56 Å². The molecule has 0 heterocycles. The van der Waals surface area contributed by atoms with Gasteiger partial charge in [0, 0.05) is 12.5 Å². The lowest BCUT2D eigenvalue weighted by Crippen LogP contribution is -2.31. The van der Waals surface area contributed by atoms with Crippen LogP contribution in [0.4, 0.5) is 4.39 Å². The normalized spacial score (nSPS) is 25.6. The Morgan fingerprint density at radius 1 is 1.24 bits per heavy atom. The molecule has 3 rings (SSSR count). The summed E-state index contributed by atoms with van der Waals surface area (Å²) in [6, 6.07) is 11.6. The van der Waals surface area contributed by atoms with Gasteiger partial charge in [-0.1, -0.05) is 29.8 Å². The quantitative estimate of drug-likeness (QED) is 0.848. The van der Waals surface area contributed by atoms with Crippen LogP contribution in [0.5, 0.6) is 0 Å². The minimum Gasteiger partial charge on any atom is -0.481 e. The van der Waals surface area contributed by atoms with E-state index in [1.807, 2.05) is 6.92 Å². The summed E-state index contributed by atoms with van der Waals surface area (Å²) < 4.78 is 39.7. The van der Waals surface area contributed by atoms with E-state index >= 15 is 0 Å². The Morgan fingerprint density at radius 2 is 1.88 bits per heavy atom. The number of halogens is 1. The molecule has 0 spiro atoms. The Labute approximate surface area is 145 Å². The van der Waals surface area contributed by atoms with Crippen LogP contribution < -0.4 is 5.73 Å². The third kappa shape index (κ3) is 2.63. The number of nitrogens with two attached hydrogens (primary N) is 1. The molecule has 1 saturated carbocycles. The van der Waals surface area contributed by atoms with E-state index in [4.69, 9.17) is 5.73 Å². The van der Waals surface area contributed by atoms with Gasteiger partial charge in [0.2, 0.25) is 0 Å². The monoisotopic (exact) mass is 363 g/mol. The van der Waals surface area contributed by atoms with Crippen LogP contribution in [0.15, 0.2) is 53.4 Å². The highest BCUT2D eigenvalue weighted by Crippen LogP contribution is 2.63. The molecule has 1 fully saturated rings. The minimum absolute atomic E-state index is 0.0427. The number of sulfone groups is 1. The Morgan fingerprint density at radius 3 is 2.40 bits per heavy atom. The van der Waals surface area contributed by atoms with Crippen molar-refractivity contribution in [3.8, 4) is 0 Å². The maximum Gasteiger partial charge on any atom is 0.312 e. The van der Waals surface area contributed by atoms with Gasteiger partial charge >= 0.3 is 5.97 Å². The number of hydrogen-bond donors (Lipinski definition) is 2. The number of rotatable bonds is 5. The zero-order chi connectivity index (χ0) is 18.4. The average molecular weight is 363 g/mol.